The third-order valence-electron chi connectivity index (χ3n) is 3.85. The zero-order valence-electron chi connectivity index (χ0n) is 15.3. The first kappa shape index (κ1) is 19.4. The smallest absolute Gasteiger partial charge is 0.230 e. The molecule has 0 saturated heterocycles. The largest absolute Gasteiger partial charge is 0.467 e. The topological polar surface area (TPSA) is 73.0 Å². The fraction of sp³-hybridized carbons (Fsp3) is 0.316. The van der Waals surface area contributed by atoms with Gasteiger partial charge in [0.25, 0.3) is 0 Å². The average molecular weight is 403 g/mol. The lowest BCUT2D eigenvalue weighted by Gasteiger charge is -2.07. The van der Waals surface area contributed by atoms with Gasteiger partial charge in [-0.3, -0.25) is 9.36 Å². The third kappa shape index (κ3) is 4.90. The minimum absolute atomic E-state index is 0.0799. The monoisotopic (exact) mass is 402 g/mol. The van der Waals surface area contributed by atoms with E-state index in [0.717, 1.165) is 17.1 Å². The summed E-state index contributed by atoms with van der Waals surface area (Å²) in [5.41, 5.74) is 1.05. The number of allylic oxidation sites excluding steroid dienone is 1. The van der Waals surface area contributed by atoms with Gasteiger partial charge in [0.15, 0.2) is 11.0 Å². The molecule has 3 aromatic heterocycles. The van der Waals surface area contributed by atoms with Crippen molar-refractivity contribution in [2.45, 2.75) is 38.0 Å². The predicted octanol–water partition coefficient (Wildman–Crippen LogP) is 4.32. The number of hydrogen-bond donors (Lipinski definition) is 1. The zero-order chi connectivity index (χ0) is 19.2. The molecule has 1 amide bonds. The van der Waals surface area contributed by atoms with Gasteiger partial charge in [0.05, 0.1) is 18.6 Å². The summed E-state index contributed by atoms with van der Waals surface area (Å²) >= 11 is 3.09. The minimum atomic E-state index is -0.0799. The number of carbonyl (C=O) groups is 1. The van der Waals surface area contributed by atoms with Crippen LogP contribution in [0.15, 0.2) is 52.1 Å². The Bertz CT molecular complexity index is 897. The van der Waals surface area contributed by atoms with Crippen LogP contribution in [0.2, 0.25) is 0 Å². The van der Waals surface area contributed by atoms with Crippen molar-refractivity contribution in [2.24, 2.45) is 0 Å². The van der Waals surface area contributed by atoms with Gasteiger partial charge in [-0.15, -0.1) is 28.1 Å². The van der Waals surface area contributed by atoms with E-state index in [1.807, 2.05) is 16.7 Å². The molecule has 142 valence electrons. The lowest BCUT2D eigenvalue weighted by Crippen LogP contribution is -2.24. The predicted molar refractivity (Wildman–Crippen MR) is 109 cm³/mol. The second kappa shape index (κ2) is 9.05. The van der Waals surface area contributed by atoms with Crippen molar-refractivity contribution in [3.8, 4) is 11.4 Å². The highest BCUT2D eigenvalue weighted by Gasteiger charge is 2.16. The molecular formula is C19H22N4O2S2. The molecule has 3 aromatic rings. The Morgan fingerprint density at radius 3 is 3.00 bits per heavy atom. The first-order valence-electron chi connectivity index (χ1n) is 8.63. The number of aromatic nitrogens is 3. The van der Waals surface area contributed by atoms with Gasteiger partial charge in [-0.05, 0) is 24.1 Å². The molecule has 0 aliphatic rings. The van der Waals surface area contributed by atoms with Gasteiger partial charge in [0.1, 0.15) is 5.76 Å². The van der Waals surface area contributed by atoms with E-state index in [4.69, 9.17) is 4.42 Å². The molecule has 0 spiro atoms. The van der Waals surface area contributed by atoms with Crippen LogP contribution in [0.5, 0.6) is 0 Å². The summed E-state index contributed by atoms with van der Waals surface area (Å²) in [6.07, 6.45) is 3.40. The molecule has 0 aliphatic carbocycles. The highest BCUT2D eigenvalue weighted by Crippen LogP contribution is 2.31. The molecule has 0 radical (unpaired) electrons. The molecule has 27 heavy (non-hydrogen) atoms. The molecule has 0 saturated carbocycles. The number of furan rings is 1. The van der Waals surface area contributed by atoms with E-state index < -0.39 is 0 Å². The van der Waals surface area contributed by atoms with Crippen LogP contribution in [0, 0.1) is 0 Å². The third-order valence-corrected chi connectivity index (χ3v) is 6.05. The molecule has 0 aromatic carbocycles. The van der Waals surface area contributed by atoms with Crippen LogP contribution in [-0.2, 0) is 17.9 Å². The maximum Gasteiger partial charge on any atom is 0.230 e. The molecule has 0 bridgehead atoms. The molecule has 0 atom stereocenters. The zero-order valence-corrected chi connectivity index (χ0v) is 17.0. The number of hydrogen-bond acceptors (Lipinski definition) is 6. The minimum Gasteiger partial charge on any atom is -0.467 e. The highest BCUT2D eigenvalue weighted by molar-refractivity contribution is 7.99. The summed E-state index contributed by atoms with van der Waals surface area (Å²) < 4.78 is 7.20. The van der Waals surface area contributed by atoms with Gasteiger partial charge in [-0.25, -0.2) is 0 Å². The Morgan fingerprint density at radius 1 is 1.48 bits per heavy atom. The Morgan fingerprint density at radius 2 is 2.33 bits per heavy atom. The number of carbonyl (C=O) groups excluding carboxylic acids is 1. The molecule has 0 unspecified atom stereocenters. The molecule has 6 nitrogen and oxygen atoms in total. The summed E-state index contributed by atoms with van der Waals surface area (Å²) in [6, 6.07) is 5.78. The molecule has 0 aliphatic heterocycles. The van der Waals surface area contributed by atoms with Gasteiger partial charge in [-0.1, -0.05) is 31.7 Å². The standard InChI is InChI=1S/C19H22N4O2S2/c1-4-7-23-18(14-9-16(13(2)3)26-11-14)21-22-19(23)27-12-17(24)20-10-15-6-5-8-25-15/h4-6,8-9,11,13H,1,7,10,12H2,2-3H3,(H,20,24). The van der Waals surface area contributed by atoms with Crippen molar-refractivity contribution in [2.75, 3.05) is 5.75 Å². The summed E-state index contributed by atoms with van der Waals surface area (Å²) in [4.78, 5) is 13.4. The lowest BCUT2D eigenvalue weighted by atomic mass is 10.1. The Labute approximate surface area is 166 Å². The van der Waals surface area contributed by atoms with E-state index in [0.29, 0.717) is 24.2 Å². The van der Waals surface area contributed by atoms with Gasteiger partial charge in [0, 0.05) is 22.4 Å². The Hall–Kier alpha value is -2.32. The molecule has 0 fully saturated rings. The number of thiophene rings is 1. The van der Waals surface area contributed by atoms with Crippen LogP contribution in [-0.4, -0.2) is 26.4 Å². The van der Waals surface area contributed by atoms with E-state index in [1.165, 1.54) is 16.6 Å². The summed E-state index contributed by atoms with van der Waals surface area (Å²) in [5.74, 6) is 2.19. The van der Waals surface area contributed by atoms with Crippen LogP contribution in [0.25, 0.3) is 11.4 Å². The van der Waals surface area contributed by atoms with Gasteiger partial charge >= 0.3 is 0 Å². The van der Waals surface area contributed by atoms with E-state index in [9.17, 15) is 4.79 Å². The van der Waals surface area contributed by atoms with E-state index >= 15 is 0 Å². The fourth-order valence-corrected chi connectivity index (χ4v) is 4.14. The van der Waals surface area contributed by atoms with Crippen LogP contribution >= 0.6 is 23.1 Å². The van der Waals surface area contributed by atoms with Crippen molar-refractivity contribution < 1.29 is 9.21 Å². The quantitative estimate of drug-likeness (QED) is 0.426. The van der Waals surface area contributed by atoms with E-state index in [1.54, 1.807) is 23.7 Å². The van der Waals surface area contributed by atoms with Crippen molar-refractivity contribution in [1.82, 2.24) is 20.1 Å². The van der Waals surface area contributed by atoms with Gasteiger partial charge < -0.3 is 9.73 Å². The summed E-state index contributed by atoms with van der Waals surface area (Å²) in [6.45, 7) is 9.14. The number of nitrogens with zero attached hydrogens (tertiary/aromatic N) is 3. The first-order chi connectivity index (χ1) is 13.1. The normalized spacial score (nSPS) is 11.1. The number of nitrogens with one attached hydrogen (secondary N) is 1. The van der Waals surface area contributed by atoms with Crippen LogP contribution in [0.4, 0.5) is 0 Å². The van der Waals surface area contributed by atoms with Crippen LogP contribution in [0.1, 0.15) is 30.4 Å². The first-order valence-corrected chi connectivity index (χ1v) is 10.5. The van der Waals surface area contributed by atoms with Crippen LogP contribution < -0.4 is 5.32 Å². The van der Waals surface area contributed by atoms with Crippen molar-refractivity contribution >= 4 is 29.0 Å². The molecule has 8 heteroatoms. The summed E-state index contributed by atoms with van der Waals surface area (Å²) in [7, 11) is 0. The van der Waals surface area contributed by atoms with Gasteiger partial charge in [0.2, 0.25) is 5.91 Å². The lowest BCUT2D eigenvalue weighted by molar-refractivity contribution is -0.118. The van der Waals surface area contributed by atoms with Crippen molar-refractivity contribution in [3.63, 3.8) is 0 Å². The Kier molecular flexibility index (Phi) is 6.52. The molecular weight excluding hydrogens is 380 g/mol. The fourth-order valence-electron chi connectivity index (χ4n) is 2.46. The SMILES string of the molecule is C=CCn1c(SCC(=O)NCc2ccco2)nnc1-c1csc(C(C)C)c1. The Balaban J connectivity index is 1.67. The highest BCUT2D eigenvalue weighted by atomic mass is 32.2. The second-order valence-corrected chi connectivity index (χ2v) is 8.13. The summed E-state index contributed by atoms with van der Waals surface area (Å²) in [5, 5.41) is 14.3. The van der Waals surface area contributed by atoms with Gasteiger partial charge in [-0.2, -0.15) is 0 Å². The number of rotatable bonds is 9. The number of thioether (sulfide) groups is 1. The second-order valence-electron chi connectivity index (χ2n) is 6.24. The van der Waals surface area contributed by atoms with E-state index in [2.05, 4.69) is 47.4 Å². The molecule has 3 rings (SSSR count). The van der Waals surface area contributed by atoms with Crippen molar-refractivity contribution in [3.05, 3.63) is 53.1 Å². The number of amides is 1. The van der Waals surface area contributed by atoms with Crippen LogP contribution in [0.3, 0.4) is 0 Å². The molecule has 3 heterocycles. The maximum atomic E-state index is 12.1. The average Bonchev–Trinajstić information content (AvgIpc) is 3.39. The molecule has 1 N–H and O–H groups in total. The van der Waals surface area contributed by atoms with Crippen molar-refractivity contribution in [1.29, 1.82) is 0 Å². The maximum absolute atomic E-state index is 12.1. The van der Waals surface area contributed by atoms with E-state index in [-0.39, 0.29) is 11.7 Å².